The molecule has 7 nitrogen and oxygen atoms in total. The van der Waals surface area contributed by atoms with Gasteiger partial charge in [0.15, 0.2) is 16.6 Å². The summed E-state index contributed by atoms with van der Waals surface area (Å²) in [6.45, 7) is 2.24. The lowest BCUT2D eigenvalue weighted by atomic mass is 10.2. The molecule has 0 spiro atoms. The molecule has 0 aliphatic heterocycles. The number of carbonyl (C=O) groups excluding carboxylic acids is 1. The minimum absolute atomic E-state index is 0.324. The fourth-order valence-corrected chi connectivity index (χ4v) is 3.62. The quantitative estimate of drug-likeness (QED) is 0.398. The molecule has 3 N–H and O–H groups in total. The lowest BCUT2D eigenvalue weighted by molar-refractivity contribution is 0.0958. The predicted octanol–water partition coefficient (Wildman–Crippen LogP) is 4.29. The molecule has 0 aliphatic carbocycles. The Morgan fingerprint density at radius 3 is 2.77 bits per heavy atom. The third-order valence-electron chi connectivity index (χ3n) is 4.15. The molecule has 0 radical (unpaired) electrons. The van der Waals surface area contributed by atoms with Crippen LogP contribution in [0.15, 0.2) is 47.6 Å². The van der Waals surface area contributed by atoms with Crippen LogP contribution in [0, 0.1) is 0 Å². The van der Waals surface area contributed by atoms with Crippen molar-refractivity contribution in [3.8, 4) is 11.5 Å². The molecule has 2 aromatic carbocycles. The highest BCUT2D eigenvalue weighted by atomic mass is 35.5. The van der Waals surface area contributed by atoms with Crippen molar-refractivity contribution in [3.05, 3.63) is 69.2 Å². The first-order chi connectivity index (χ1) is 14.5. The first-order valence-electron chi connectivity index (χ1n) is 9.14. The van der Waals surface area contributed by atoms with E-state index in [1.807, 2.05) is 31.2 Å². The van der Waals surface area contributed by atoms with Crippen molar-refractivity contribution < 1.29 is 14.3 Å². The summed E-state index contributed by atoms with van der Waals surface area (Å²) >= 11 is 7.06. The molecule has 0 fully saturated rings. The number of nitrogens with one attached hydrogen (secondary N) is 1. The number of aryl methyl sites for hydroxylation is 1. The van der Waals surface area contributed by atoms with Crippen molar-refractivity contribution in [3.63, 3.8) is 0 Å². The molecule has 0 bridgehead atoms. The monoisotopic (exact) mass is 444 g/mol. The van der Waals surface area contributed by atoms with E-state index < -0.39 is 0 Å². The Kier molecular flexibility index (Phi) is 7.26. The van der Waals surface area contributed by atoms with Gasteiger partial charge in [-0.05, 0) is 36.2 Å². The summed E-state index contributed by atoms with van der Waals surface area (Å²) in [5, 5.41) is 5.08. The number of nitrogen functional groups attached to an aromatic ring is 1. The van der Waals surface area contributed by atoms with Gasteiger partial charge in [0, 0.05) is 10.6 Å². The summed E-state index contributed by atoms with van der Waals surface area (Å²) in [7, 11) is 1.56. The van der Waals surface area contributed by atoms with Gasteiger partial charge in [-0.15, -0.1) is 0 Å². The molecule has 3 rings (SSSR count). The van der Waals surface area contributed by atoms with Crippen LogP contribution in [0.1, 0.15) is 33.4 Å². The van der Waals surface area contributed by atoms with Crippen molar-refractivity contribution in [1.29, 1.82) is 0 Å². The number of methoxy groups -OCH3 is 1. The van der Waals surface area contributed by atoms with Crippen LogP contribution in [0.5, 0.6) is 11.5 Å². The lowest BCUT2D eigenvalue weighted by Crippen LogP contribution is -2.18. The van der Waals surface area contributed by atoms with Crippen molar-refractivity contribution in [2.75, 3.05) is 12.8 Å². The van der Waals surface area contributed by atoms with E-state index in [0.717, 1.165) is 16.9 Å². The summed E-state index contributed by atoms with van der Waals surface area (Å²) in [6.07, 6.45) is 2.12. The first kappa shape index (κ1) is 21.6. The number of rotatable bonds is 8. The van der Waals surface area contributed by atoms with Gasteiger partial charge in [-0.3, -0.25) is 4.79 Å². The Morgan fingerprint density at radius 2 is 2.07 bits per heavy atom. The normalized spacial score (nSPS) is 10.9. The zero-order chi connectivity index (χ0) is 21.5. The van der Waals surface area contributed by atoms with Gasteiger partial charge in [-0.25, -0.2) is 10.4 Å². The molecule has 0 atom stereocenters. The topological polar surface area (TPSA) is 98.8 Å². The largest absolute Gasteiger partial charge is 0.493 e. The molecule has 0 unspecified atom stereocenters. The summed E-state index contributed by atoms with van der Waals surface area (Å²) in [5.41, 5.74) is 10.5. The molecule has 1 heterocycles. The van der Waals surface area contributed by atoms with E-state index in [0.29, 0.717) is 50.8 Å². The molecule has 0 saturated heterocycles. The number of hydrogen-bond acceptors (Lipinski definition) is 7. The van der Waals surface area contributed by atoms with E-state index >= 15 is 0 Å². The maximum absolute atomic E-state index is 12.4. The van der Waals surface area contributed by atoms with Crippen LogP contribution in [-0.2, 0) is 13.0 Å². The van der Waals surface area contributed by atoms with E-state index in [1.165, 1.54) is 6.21 Å². The fourth-order valence-electron chi connectivity index (χ4n) is 2.68. The minimum atomic E-state index is -0.358. The number of nitrogens with zero attached hydrogens (tertiary/aromatic N) is 2. The van der Waals surface area contributed by atoms with Crippen LogP contribution in [0.25, 0.3) is 0 Å². The van der Waals surface area contributed by atoms with E-state index in [9.17, 15) is 4.79 Å². The van der Waals surface area contributed by atoms with E-state index in [2.05, 4.69) is 15.5 Å². The smallest absolute Gasteiger partial charge is 0.283 e. The van der Waals surface area contributed by atoms with Crippen molar-refractivity contribution in [2.45, 2.75) is 20.0 Å². The second-order valence-electron chi connectivity index (χ2n) is 6.17. The van der Waals surface area contributed by atoms with Crippen LogP contribution in [0.4, 0.5) is 5.13 Å². The summed E-state index contributed by atoms with van der Waals surface area (Å²) in [5.74, 6) is 0.718. The Morgan fingerprint density at radius 1 is 1.30 bits per heavy atom. The van der Waals surface area contributed by atoms with Crippen LogP contribution >= 0.6 is 22.9 Å². The maximum Gasteiger partial charge on any atom is 0.283 e. The van der Waals surface area contributed by atoms with E-state index in [-0.39, 0.29) is 5.91 Å². The summed E-state index contributed by atoms with van der Waals surface area (Å²) in [6, 6.07) is 12.8. The van der Waals surface area contributed by atoms with Gasteiger partial charge < -0.3 is 15.2 Å². The number of anilines is 1. The van der Waals surface area contributed by atoms with Crippen LogP contribution in [0.2, 0.25) is 5.02 Å². The second kappa shape index (κ2) is 10.1. The third kappa shape index (κ3) is 5.28. The molecule has 0 saturated carbocycles. The first-order valence-corrected chi connectivity index (χ1v) is 10.3. The maximum atomic E-state index is 12.4. The van der Waals surface area contributed by atoms with Crippen LogP contribution < -0.4 is 20.6 Å². The number of para-hydroxylation sites is 1. The number of benzene rings is 2. The summed E-state index contributed by atoms with van der Waals surface area (Å²) < 4.78 is 11.4. The Bertz CT molecular complexity index is 1050. The van der Waals surface area contributed by atoms with E-state index in [4.69, 9.17) is 26.8 Å². The number of hydrazone groups is 1. The van der Waals surface area contributed by atoms with E-state index in [1.54, 1.807) is 25.3 Å². The lowest BCUT2D eigenvalue weighted by Gasteiger charge is -2.13. The molecular weight excluding hydrogens is 424 g/mol. The number of thiazole rings is 1. The fraction of sp³-hybridized carbons (Fsp3) is 0.190. The third-order valence-corrected chi connectivity index (χ3v) is 5.33. The predicted molar refractivity (Wildman–Crippen MR) is 120 cm³/mol. The molecule has 1 amide bonds. The molecular formula is C21H21ClN4O3S. The molecule has 3 aromatic rings. The average Bonchev–Trinajstić information content (AvgIpc) is 3.14. The number of hydrogen-bond donors (Lipinski definition) is 2. The Labute approximate surface area is 183 Å². The van der Waals surface area contributed by atoms with Crippen molar-refractivity contribution >= 4 is 40.2 Å². The highest BCUT2D eigenvalue weighted by Crippen LogP contribution is 2.31. The van der Waals surface area contributed by atoms with Crippen molar-refractivity contribution in [1.82, 2.24) is 10.4 Å². The van der Waals surface area contributed by atoms with Crippen LogP contribution in [0.3, 0.4) is 0 Å². The van der Waals surface area contributed by atoms with Crippen LogP contribution in [-0.4, -0.2) is 24.2 Å². The number of nitrogens with two attached hydrogens (primary N) is 1. The Balaban J connectivity index is 1.74. The highest BCUT2D eigenvalue weighted by molar-refractivity contribution is 7.17. The van der Waals surface area contributed by atoms with Gasteiger partial charge in [-0.2, -0.15) is 5.10 Å². The van der Waals surface area contributed by atoms with Gasteiger partial charge in [0.1, 0.15) is 11.5 Å². The minimum Gasteiger partial charge on any atom is -0.493 e. The molecule has 0 aliphatic rings. The van der Waals surface area contributed by atoms with Gasteiger partial charge in [0.25, 0.3) is 5.91 Å². The second-order valence-corrected chi connectivity index (χ2v) is 7.64. The van der Waals surface area contributed by atoms with Crippen molar-refractivity contribution in [2.24, 2.45) is 5.10 Å². The zero-order valence-corrected chi connectivity index (χ0v) is 18.1. The Hall–Kier alpha value is -3.10. The van der Waals surface area contributed by atoms with Gasteiger partial charge in [0.2, 0.25) is 0 Å². The molecule has 30 heavy (non-hydrogen) atoms. The number of ether oxygens (including phenoxy) is 2. The zero-order valence-electron chi connectivity index (χ0n) is 16.5. The molecule has 9 heteroatoms. The molecule has 156 valence electrons. The SMILES string of the molecule is CCc1nc(N)sc1C(=O)N/N=C/c1cccc(OC)c1OCc1ccc(Cl)cc1. The number of aromatic nitrogens is 1. The number of carbonyl (C=O) groups is 1. The number of amides is 1. The number of halogens is 1. The van der Waals surface area contributed by atoms with Gasteiger partial charge in [-0.1, -0.05) is 48.1 Å². The summed E-state index contributed by atoms with van der Waals surface area (Å²) in [4.78, 5) is 17.0. The van der Waals surface area contributed by atoms with Gasteiger partial charge >= 0.3 is 0 Å². The molecule has 1 aromatic heterocycles. The standard InChI is InChI=1S/C21H21ClN4O3S/c1-3-16-19(30-21(23)25-16)20(27)26-24-11-14-5-4-6-17(28-2)18(14)29-12-13-7-9-15(22)10-8-13/h4-11H,3,12H2,1-2H3,(H2,23,25)(H,26,27)/b24-11+. The highest BCUT2D eigenvalue weighted by Gasteiger charge is 2.15. The average molecular weight is 445 g/mol. The van der Waals surface area contributed by atoms with Gasteiger partial charge in [0.05, 0.1) is 19.0 Å².